The number of carbonyl (C=O) groups is 1. The van der Waals surface area contributed by atoms with Crippen molar-refractivity contribution in [1.82, 2.24) is 9.97 Å². The van der Waals surface area contributed by atoms with Crippen LogP contribution in [0.5, 0.6) is 0 Å². The molecule has 0 amide bonds. The molecule has 12 heteroatoms. The number of thiophene rings is 1. The fourth-order valence-electron chi connectivity index (χ4n) is 2.82. The number of esters is 1. The first-order chi connectivity index (χ1) is 14.2. The number of carbonyl (C=O) groups excluding carboxylic acids is 1. The van der Waals surface area contributed by atoms with E-state index in [-0.39, 0.29) is 24.0 Å². The highest BCUT2D eigenvalue weighted by Gasteiger charge is 2.38. The van der Waals surface area contributed by atoms with Gasteiger partial charge in [0.1, 0.15) is 4.83 Å². The maximum absolute atomic E-state index is 13.0. The molecule has 31 heavy (non-hydrogen) atoms. The monoisotopic (exact) mass is 464 g/mol. The van der Waals surface area contributed by atoms with Gasteiger partial charge in [0, 0.05) is 4.88 Å². The third-order valence-corrected chi connectivity index (χ3v) is 5.65. The quantitative estimate of drug-likeness (QED) is 0.407. The molecule has 0 bridgehead atoms. The van der Waals surface area contributed by atoms with Gasteiger partial charge in [0.25, 0.3) is 5.56 Å². The largest absolute Gasteiger partial charge is 0.451 e. The summed E-state index contributed by atoms with van der Waals surface area (Å²) in [5, 5.41) is 0.359. The standard InChI is InChI=1S/C19H14F6N2O3S/c1-7-9(3)31-16-13(7)15(28)26-14(27-16)8(2)30-17(29)10-4-11(18(20,21)22)6-12(5-10)19(23,24)25/h4-6,8H,1-3H3,(H,26,27,28)/t8-/m1/s1. The van der Waals surface area contributed by atoms with E-state index in [2.05, 4.69) is 9.97 Å². The number of hydrogen-bond donors (Lipinski definition) is 1. The molecule has 0 fully saturated rings. The van der Waals surface area contributed by atoms with Crippen LogP contribution in [0.1, 0.15) is 50.8 Å². The average Bonchev–Trinajstić information content (AvgIpc) is 2.94. The number of hydrogen-bond acceptors (Lipinski definition) is 5. The number of benzene rings is 1. The Kier molecular flexibility index (Phi) is 5.63. The predicted molar refractivity (Wildman–Crippen MR) is 100.0 cm³/mol. The van der Waals surface area contributed by atoms with E-state index in [1.807, 2.05) is 0 Å². The van der Waals surface area contributed by atoms with Gasteiger partial charge < -0.3 is 9.72 Å². The summed E-state index contributed by atoms with van der Waals surface area (Å²) < 4.78 is 82.9. The van der Waals surface area contributed by atoms with Crippen LogP contribution < -0.4 is 5.56 Å². The van der Waals surface area contributed by atoms with E-state index >= 15 is 0 Å². The van der Waals surface area contributed by atoms with Gasteiger partial charge in [-0.3, -0.25) is 4.79 Å². The lowest BCUT2D eigenvalue weighted by atomic mass is 10.0. The Hall–Kier alpha value is -2.89. The maximum atomic E-state index is 13.0. The third kappa shape index (κ3) is 4.58. The molecule has 0 radical (unpaired) electrons. The van der Waals surface area contributed by atoms with Crippen molar-refractivity contribution in [1.29, 1.82) is 0 Å². The highest BCUT2D eigenvalue weighted by molar-refractivity contribution is 7.18. The van der Waals surface area contributed by atoms with Crippen molar-refractivity contribution in [3.05, 3.63) is 61.5 Å². The fourth-order valence-corrected chi connectivity index (χ4v) is 3.86. The molecule has 5 nitrogen and oxygen atoms in total. The molecule has 0 unspecified atom stereocenters. The Labute approximate surface area is 174 Å². The first-order valence-corrected chi connectivity index (χ1v) is 9.50. The number of aromatic nitrogens is 2. The van der Waals surface area contributed by atoms with Gasteiger partial charge in [-0.05, 0) is 44.5 Å². The molecule has 0 aliphatic rings. The van der Waals surface area contributed by atoms with Crippen LogP contribution in [0.2, 0.25) is 0 Å². The number of halogens is 6. The Balaban J connectivity index is 1.96. The van der Waals surface area contributed by atoms with Gasteiger partial charge in [0.15, 0.2) is 11.9 Å². The molecule has 0 aliphatic carbocycles. The highest BCUT2D eigenvalue weighted by atomic mass is 32.1. The summed E-state index contributed by atoms with van der Waals surface area (Å²) in [6, 6.07) is 0.458. The van der Waals surface area contributed by atoms with Crippen LogP contribution in [0.3, 0.4) is 0 Å². The lowest BCUT2D eigenvalue weighted by molar-refractivity contribution is -0.143. The van der Waals surface area contributed by atoms with E-state index in [1.165, 1.54) is 18.3 Å². The van der Waals surface area contributed by atoms with E-state index in [1.54, 1.807) is 13.8 Å². The molecule has 166 valence electrons. The van der Waals surface area contributed by atoms with Crippen LogP contribution in [0.15, 0.2) is 23.0 Å². The molecular weight excluding hydrogens is 450 g/mol. The lowest BCUT2D eigenvalue weighted by Gasteiger charge is -2.16. The summed E-state index contributed by atoms with van der Waals surface area (Å²) in [5.41, 5.74) is -3.98. The highest BCUT2D eigenvalue weighted by Crippen LogP contribution is 2.36. The molecule has 2 aromatic heterocycles. The van der Waals surface area contributed by atoms with E-state index in [4.69, 9.17) is 4.74 Å². The number of ether oxygens (including phenoxy) is 1. The smallest absolute Gasteiger partial charge is 0.416 e. The number of aryl methyl sites for hydroxylation is 2. The fraction of sp³-hybridized carbons (Fsp3) is 0.316. The van der Waals surface area contributed by atoms with Crippen LogP contribution in [-0.4, -0.2) is 15.9 Å². The van der Waals surface area contributed by atoms with Crippen LogP contribution in [0.25, 0.3) is 10.2 Å². The van der Waals surface area contributed by atoms with Crippen LogP contribution in [-0.2, 0) is 17.1 Å². The number of fused-ring (bicyclic) bond motifs is 1. The Morgan fingerprint density at radius 2 is 1.61 bits per heavy atom. The zero-order chi connectivity index (χ0) is 23.3. The third-order valence-electron chi connectivity index (χ3n) is 4.55. The number of nitrogens with zero attached hydrogens (tertiary/aromatic N) is 1. The molecule has 3 aromatic rings. The van der Waals surface area contributed by atoms with E-state index < -0.39 is 46.7 Å². The molecule has 0 spiro atoms. The van der Waals surface area contributed by atoms with Crippen molar-refractivity contribution in [3.63, 3.8) is 0 Å². The summed E-state index contributed by atoms with van der Waals surface area (Å²) in [5.74, 6) is -1.51. The van der Waals surface area contributed by atoms with E-state index in [9.17, 15) is 35.9 Å². The van der Waals surface area contributed by atoms with Gasteiger partial charge in [0.05, 0.1) is 22.1 Å². The number of rotatable bonds is 3. The minimum absolute atomic E-state index is 0.0879. The predicted octanol–water partition coefficient (Wildman–Crippen LogP) is 5.56. The SMILES string of the molecule is Cc1sc2nc([C@@H](C)OC(=O)c3cc(C(F)(F)F)cc(C(F)(F)F)c3)[nH]c(=O)c2c1C. The van der Waals surface area contributed by atoms with Crippen LogP contribution >= 0.6 is 11.3 Å². The zero-order valence-electron chi connectivity index (χ0n) is 16.2. The molecule has 2 heterocycles. The summed E-state index contributed by atoms with van der Waals surface area (Å²) in [4.78, 5) is 32.5. The molecule has 1 N–H and O–H groups in total. The van der Waals surface area contributed by atoms with Gasteiger partial charge in [0.2, 0.25) is 0 Å². The van der Waals surface area contributed by atoms with Crippen molar-refractivity contribution < 1.29 is 35.9 Å². The number of aromatic amines is 1. The molecule has 1 aromatic carbocycles. The molecule has 0 saturated heterocycles. The number of H-pyrrole nitrogens is 1. The molecule has 0 saturated carbocycles. The van der Waals surface area contributed by atoms with Gasteiger partial charge in [-0.15, -0.1) is 11.3 Å². The van der Waals surface area contributed by atoms with Crippen molar-refractivity contribution in [2.24, 2.45) is 0 Å². The molecule has 1 atom stereocenters. The second kappa shape index (κ2) is 7.66. The van der Waals surface area contributed by atoms with Crippen LogP contribution in [0.4, 0.5) is 26.3 Å². The minimum atomic E-state index is -5.10. The van der Waals surface area contributed by atoms with Gasteiger partial charge in [-0.2, -0.15) is 26.3 Å². The van der Waals surface area contributed by atoms with Gasteiger partial charge in [-0.1, -0.05) is 0 Å². The summed E-state index contributed by atoms with van der Waals surface area (Å²) >= 11 is 1.23. The molecule has 0 aliphatic heterocycles. The summed E-state index contributed by atoms with van der Waals surface area (Å²) in [6.07, 6.45) is -11.4. The number of alkyl halides is 6. The number of nitrogens with one attached hydrogen (secondary N) is 1. The average molecular weight is 464 g/mol. The van der Waals surface area contributed by atoms with E-state index in [0.717, 1.165) is 10.4 Å². The Bertz CT molecular complexity index is 1190. The Morgan fingerprint density at radius 3 is 2.13 bits per heavy atom. The lowest BCUT2D eigenvalue weighted by Crippen LogP contribution is -2.18. The minimum Gasteiger partial charge on any atom is -0.451 e. The maximum Gasteiger partial charge on any atom is 0.416 e. The molecular formula is C19H14F6N2O3S. The van der Waals surface area contributed by atoms with Crippen molar-refractivity contribution in [2.45, 2.75) is 39.2 Å². The normalized spacial score (nSPS) is 13.5. The van der Waals surface area contributed by atoms with Crippen LogP contribution in [0, 0.1) is 13.8 Å². The second-order valence-electron chi connectivity index (χ2n) is 6.76. The van der Waals surface area contributed by atoms with Gasteiger partial charge >= 0.3 is 18.3 Å². The van der Waals surface area contributed by atoms with Crippen molar-refractivity contribution >= 4 is 27.5 Å². The topological polar surface area (TPSA) is 72.0 Å². The van der Waals surface area contributed by atoms with E-state index in [0.29, 0.717) is 10.2 Å². The second-order valence-corrected chi connectivity index (χ2v) is 7.96. The zero-order valence-corrected chi connectivity index (χ0v) is 17.0. The summed E-state index contributed by atoms with van der Waals surface area (Å²) in [7, 11) is 0. The Morgan fingerprint density at radius 1 is 1.06 bits per heavy atom. The van der Waals surface area contributed by atoms with Gasteiger partial charge in [-0.25, -0.2) is 9.78 Å². The first kappa shape index (κ1) is 22.8. The first-order valence-electron chi connectivity index (χ1n) is 8.69. The van der Waals surface area contributed by atoms with Crippen molar-refractivity contribution in [2.75, 3.05) is 0 Å². The molecule has 3 rings (SSSR count). The van der Waals surface area contributed by atoms with Crippen molar-refractivity contribution in [3.8, 4) is 0 Å². The summed E-state index contributed by atoms with van der Waals surface area (Å²) in [6.45, 7) is 4.81.